The molecule has 5 nitrogen and oxygen atoms in total. The second-order valence-corrected chi connectivity index (χ2v) is 5.17. The molecule has 0 saturated carbocycles. The molecule has 6 heteroatoms. The Morgan fingerprint density at radius 3 is 2.50 bits per heavy atom. The van der Waals surface area contributed by atoms with Crippen LogP contribution in [-0.4, -0.2) is 15.5 Å². The van der Waals surface area contributed by atoms with Crippen LogP contribution >= 0.6 is 0 Å². The number of pyridine rings is 2. The molecule has 24 heavy (non-hydrogen) atoms. The first-order valence-electron chi connectivity index (χ1n) is 7.29. The number of carbonyl (C=O) groups is 1. The number of rotatable bonds is 4. The summed E-state index contributed by atoms with van der Waals surface area (Å²) >= 11 is 0. The fourth-order valence-electron chi connectivity index (χ4n) is 2.25. The number of aromatic nitrogens is 2. The average Bonchev–Trinajstić information content (AvgIpc) is 2.59. The summed E-state index contributed by atoms with van der Waals surface area (Å²) in [6.45, 7) is 0.259. The van der Waals surface area contributed by atoms with Crippen LogP contribution in [0.15, 0.2) is 71.9 Å². The Bertz CT molecular complexity index is 906. The SMILES string of the molecule is O=C(Nc1ccncc1)c1cccn(Cc2ccc(F)cc2)c1=O. The van der Waals surface area contributed by atoms with Crippen molar-refractivity contribution < 1.29 is 9.18 Å². The molecule has 2 aromatic heterocycles. The van der Waals surface area contributed by atoms with Gasteiger partial charge in [0, 0.05) is 24.3 Å². The van der Waals surface area contributed by atoms with E-state index in [1.807, 2.05) is 0 Å². The van der Waals surface area contributed by atoms with Gasteiger partial charge in [-0.3, -0.25) is 14.6 Å². The van der Waals surface area contributed by atoms with Gasteiger partial charge in [-0.15, -0.1) is 0 Å². The first-order chi connectivity index (χ1) is 11.6. The lowest BCUT2D eigenvalue weighted by atomic mass is 10.2. The Labute approximate surface area is 137 Å². The Morgan fingerprint density at radius 2 is 1.79 bits per heavy atom. The molecule has 2 heterocycles. The maximum Gasteiger partial charge on any atom is 0.263 e. The van der Waals surface area contributed by atoms with Gasteiger partial charge in [-0.25, -0.2) is 4.39 Å². The molecule has 0 spiro atoms. The van der Waals surface area contributed by atoms with Gasteiger partial charge in [0.05, 0.1) is 6.54 Å². The van der Waals surface area contributed by atoms with Gasteiger partial charge in [-0.05, 0) is 42.0 Å². The van der Waals surface area contributed by atoms with Crippen molar-refractivity contribution in [2.45, 2.75) is 6.54 Å². The van der Waals surface area contributed by atoms with Crippen LogP contribution in [0.2, 0.25) is 0 Å². The summed E-state index contributed by atoms with van der Waals surface area (Å²) in [6.07, 6.45) is 4.69. The van der Waals surface area contributed by atoms with Crippen molar-refractivity contribution >= 4 is 11.6 Å². The van der Waals surface area contributed by atoms with Crippen molar-refractivity contribution in [2.75, 3.05) is 5.32 Å². The summed E-state index contributed by atoms with van der Waals surface area (Å²) in [5.74, 6) is -0.823. The number of hydrogen-bond acceptors (Lipinski definition) is 3. The van der Waals surface area contributed by atoms with E-state index in [4.69, 9.17) is 0 Å². The molecule has 0 bridgehead atoms. The minimum Gasteiger partial charge on any atom is -0.322 e. The standard InChI is InChI=1S/C18H14FN3O2/c19-14-5-3-13(4-6-14)12-22-11-1-2-16(18(22)24)17(23)21-15-7-9-20-10-8-15/h1-11H,12H2,(H,20,21,23). The van der Waals surface area contributed by atoms with Crippen LogP contribution in [0, 0.1) is 5.82 Å². The first-order valence-corrected chi connectivity index (χ1v) is 7.29. The quantitative estimate of drug-likeness (QED) is 0.803. The highest BCUT2D eigenvalue weighted by Gasteiger charge is 2.12. The van der Waals surface area contributed by atoms with Gasteiger partial charge in [0.25, 0.3) is 11.5 Å². The van der Waals surface area contributed by atoms with Crippen LogP contribution in [0.3, 0.4) is 0 Å². The van der Waals surface area contributed by atoms with E-state index in [2.05, 4.69) is 10.3 Å². The summed E-state index contributed by atoms with van der Waals surface area (Å²) in [6, 6.07) is 12.2. The Kier molecular flexibility index (Phi) is 4.47. The summed E-state index contributed by atoms with van der Waals surface area (Å²) in [5, 5.41) is 2.66. The fourth-order valence-corrected chi connectivity index (χ4v) is 2.25. The Hall–Kier alpha value is -3.28. The maximum atomic E-state index is 13.0. The highest BCUT2D eigenvalue weighted by atomic mass is 19.1. The number of nitrogens with one attached hydrogen (secondary N) is 1. The molecule has 0 atom stereocenters. The van der Waals surface area contributed by atoms with E-state index in [9.17, 15) is 14.0 Å². The van der Waals surface area contributed by atoms with Gasteiger partial charge < -0.3 is 9.88 Å². The molecule has 1 amide bonds. The van der Waals surface area contributed by atoms with E-state index in [-0.39, 0.29) is 17.9 Å². The number of hydrogen-bond donors (Lipinski definition) is 1. The monoisotopic (exact) mass is 323 g/mol. The highest BCUT2D eigenvalue weighted by molar-refractivity contribution is 6.03. The molecule has 1 N–H and O–H groups in total. The third-order valence-electron chi connectivity index (χ3n) is 3.47. The summed E-state index contributed by atoms with van der Waals surface area (Å²) < 4.78 is 14.4. The van der Waals surface area contributed by atoms with E-state index >= 15 is 0 Å². The minimum atomic E-state index is -0.486. The zero-order chi connectivity index (χ0) is 16.9. The van der Waals surface area contributed by atoms with Crippen LogP contribution in [-0.2, 0) is 6.54 Å². The zero-order valence-electron chi connectivity index (χ0n) is 12.6. The Morgan fingerprint density at radius 1 is 1.08 bits per heavy atom. The molecule has 0 radical (unpaired) electrons. The lowest BCUT2D eigenvalue weighted by Crippen LogP contribution is -2.29. The zero-order valence-corrected chi connectivity index (χ0v) is 12.6. The topological polar surface area (TPSA) is 64.0 Å². The van der Waals surface area contributed by atoms with Gasteiger partial charge in [0.15, 0.2) is 0 Å². The van der Waals surface area contributed by atoms with Crippen LogP contribution < -0.4 is 10.9 Å². The second kappa shape index (κ2) is 6.87. The van der Waals surface area contributed by atoms with Crippen molar-refractivity contribution in [3.05, 3.63) is 94.4 Å². The number of carbonyl (C=O) groups excluding carboxylic acids is 1. The van der Waals surface area contributed by atoms with Crippen LogP contribution in [0.5, 0.6) is 0 Å². The molecule has 0 aliphatic carbocycles. The molecule has 120 valence electrons. The molecule has 0 aliphatic heterocycles. The largest absolute Gasteiger partial charge is 0.322 e. The molecule has 0 aliphatic rings. The predicted molar refractivity (Wildman–Crippen MR) is 88.4 cm³/mol. The number of nitrogens with zero attached hydrogens (tertiary/aromatic N) is 2. The highest BCUT2D eigenvalue weighted by Crippen LogP contribution is 2.07. The van der Waals surface area contributed by atoms with Crippen molar-refractivity contribution in [3.63, 3.8) is 0 Å². The van der Waals surface area contributed by atoms with Crippen molar-refractivity contribution in [1.82, 2.24) is 9.55 Å². The molecule has 0 saturated heterocycles. The van der Waals surface area contributed by atoms with Crippen LogP contribution in [0.1, 0.15) is 15.9 Å². The average molecular weight is 323 g/mol. The van der Waals surface area contributed by atoms with Crippen molar-refractivity contribution in [1.29, 1.82) is 0 Å². The molecule has 1 aromatic carbocycles. The first kappa shape index (κ1) is 15.6. The Balaban J connectivity index is 1.84. The molecule has 3 rings (SSSR count). The molecule has 3 aromatic rings. The number of anilines is 1. The fraction of sp³-hybridized carbons (Fsp3) is 0.0556. The van der Waals surface area contributed by atoms with E-state index < -0.39 is 11.5 Å². The second-order valence-electron chi connectivity index (χ2n) is 5.17. The maximum absolute atomic E-state index is 13.0. The normalized spacial score (nSPS) is 10.4. The molecular weight excluding hydrogens is 309 g/mol. The third-order valence-corrected chi connectivity index (χ3v) is 3.47. The van der Waals surface area contributed by atoms with Crippen LogP contribution in [0.25, 0.3) is 0 Å². The lowest BCUT2D eigenvalue weighted by molar-refractivity contribution is 0.102. The van der Waals surface area contributed by atoms with Crippen molar-refractivity contribution in [3.8, 4) is 0 Å². The van der Waals surface area contributed by atoms with Gasteiger partial charge in [-0.2, -0.15) is 0 Å². The van der Waals surface area contributed by atoms with Gasteiger partial charge in [0.1, 0.15) is 11.4 Å². The van der Waals surface area contributed by atoms with Crippen molar-refractivity contribution in [2.24, 2.45) is 0 Å². The third kappa shape index (κ3) is 3.55. The van der Waals surface area contributed by atoms with Gasteiger partial charge in [0.2, 0.25) is 0 Å². The number of benzene rings is 1. The van der Waals surface area contributed by atoms with E-state index in [1.54, 1.807) is 48.9 Å². The molecular formula is C18H14FN3O2. The smallest absolute Gasteiger partial charge is 0.263 e. The number of halogens is 1. The summed E-state index contributed by atoms with van der Waals surface area (Å²) in [4.78, 5) is 28.6. The van der Waals surface area contributed by atoms with Gasteiger partial charge >= 0.3 is 0 Å². The predicted octanol–water partition coefficient (Wildman–Crippen LogP) is 2.68. The minimum absolute atomic E-state index is 0.0384. The lowest BCUT2D eigenvalue weighted by Gasteiger charge is -2.09. The van der Waals surface area contributed by atoms with Crippen LogP contribution in [0.4, 0.5) is 10.1 Å². The number of amides is 1. The van der Waals surface area contributed by atoms with Gasteiger partial charge in [-0.1, -0.05) is 12.1 Å². The molecule has 0 fully saturated rings. The summed E-state index contributed by atoms with van der Waals surface area (Å²) in [7, 11) is 0. The van der Waals surface area contributed by atoms with E-state index in [0.29, 0.717) is 5.69 Å². The summed E-state index contributed by atoms with van der Waals surface area (Å²) in [5.41, 5.74) is 0.957. The van der Waals surface area contributed by atoms with E-state index in [0.717, 1.165) is 5.56 Å². The van der Waals surface area contributed by atoms with E-state index in [1.165, 1.54) is 22.8 Å². The molecule has 0 unspecified atom stereocenters.